The van der Waals surface area contributed by atoms with Crippen LogP contribution in [0, 0.1) is 11.8 Å². The Morgan fingerprint density at radius 3 is 2.12 bits per heavy atom. The number of rotatable bonds is 7. The zero-order valence-corrected chi connectivity index (χ0v) is 19.7. The van der Waals surface area contributed by atoms with Crippen molar-refractivity contribution in [2.45, 2.75) is 45.1 Å². The Morgan fingerprint density at radius 2 is 1.59 bits per heavy atom. The van der Waals surface area contributed by atoms with Crippen molar-refractivity contribution in [1.29, 1.82) is 0 Å². The fourth-order valence-corrected chi connectivity index (χ4v) is 4.99. The van der Waals surface area contributed by atoms with Crippen LogP contribution in [0.15, 0.2) is 48.5 Å². The van der Waals surface area contributed by atoms with Crippen LogP contribution in [0.4, 0.5) is 4.79 Å². The molecule has 180 valence electrons. The Bertz CT molecular complexity index is 1010. The number of amides is 2. The van der Waals surface area contributed by atoms with Crippen LogP contribution in [0.5, 0.6) is 0 Å². The number of likely N-dealkylation sites (tertiary alicyclic amines) is 1. The Labute approximate surface area is 200 Å². The quantitative estimate of drug-likeness (QED) is 0.638. The van der Waals surface area contributed by atoms with Crippen LogP contribution in [0.3, 0.4) is 0 Å². The lowest BCUT2D eigenvalue weighted by Gasteiger charge is -2.34. The lowest BCUT2D eigenvalue weighted by molar-refractivity contribution is -0.146. The third-order valence-electron chi connectivity index (χ3n) is 7.25. The van der Waals surface area contributed by atoms with Gasteiger partial charge in [-0.2, -0.15) is 0 Å². The molecule has 2 N–H and O–H groups in total. The zero-order chi connectivity index (χ0) is 24.2. The van der Waals surface area contributed by atoms with Gasteiger partial charge in [-0.15, -0.1) is 0 Å². The van der Waals surface area contributed by atoms with E-state index in [0.717, 1.165) is 22.3 Å². The summed E-state index contributed by atoms with van der Waals surface area (Å²) in [5.41, 5.74) is 4.58. The molecule has 2 aliphatic rings. The molecule has 2 aromatic rings. The van der Waals surface area contributed by atoms with Crippen molar-refractivity contribution in [3.05, 3.63) is 59.7 Å². The number of piperidine rings is 1. The minimum absolute atomic E-state index is 0.0500. The van der Waals surface area contributed by atoms with Crippen LogP contribution in [-0.4, -0.2) is 53.7 Å². The second-order valence-corrected chi connectivity index (χ2v) is 9.27. The number of hydrogen-bond donors (Lipinski definition) is 2. The van der Waals surface area contributed by atoms with Crippen LogP contribution in [-0.2, 0) is 14.3 Å². The van der Waals surface area contributed by atoms with Crippen molar-refractivity contribution >= 4 is 18.0 Å². The van der Waals surface area contributed by atoms with Gasteiger partial charge in [0.25, 0.3) is 0 Å². The van der Waals surface area contributed by atoms with E-state index in [1.807, 2.05) is 38.1 Å². The molecule has 0 aromatic heterocycles. The number of aliphatic carboxylic acids is 1. The highest BCUT2D eigenvalue weighted by molar-refractivity contribution is 5.86. The number of carboxylic acid groups (broad SMARTS) is 1. The number of fused-ring (bicyclic) bond motifs is 3. The van der Waals surface area contributed by atoms with Gasteiger partial charge in [-0.25, -0.2) is 4.79 Å². The summed E-state index contributed by atoms with van der Waals surface area (Å²) >= 11 is 0. The third-order valence-corrected chi connectivity index (χ3v) is 7.25. The number of carboxylic acids is 1. The molecule has 0 saturated carbocycles. The van der Waals surface area contributed by atoms with Crippen molar-refractivity contribution in [3.63, 3.8) is 0 Å². The summed E-state index contributed by atoms with van der Waals surface area (Å²) in [6, 6.07) is 15.6. The summed E-state index contributed by atoms with van der Waals surface area (Å²) in [5.74, 6) is -1.54. The number of hydrogen-bond acceptors (Lipinski definition) is 4. The second-order valence-electron chi connectivity index (χ2n) is 9.27. The number of nitrogens with zero attached hydrogens (tertiary/aromatic N) is 1. The molecule has 1 fully saturated rings. The predicted octanol–water partition coefficient (Wildman–Crippen LogP) is 4.26. The molecule has 1 aliphatic carbocycles. The van der Waals surface area contributed by atoms with Gasteiger partial charge in [-0.1, -0.05) is 68.8 Å². The molecule has 7 heteroatoms. The van der Waals surface area contributed by atoms with E-state index in [-0.39, 0.29) is 24.3 Å². The Morgan fingerprint density at radius 1 is 1.03 bits per heavy atom. The molecule has 0 bridgehead atoms. The molecule has 0 spiro atoms. The van der Waals surface area contributed by atoms with Gasteiger partial charge in [-0.3, -0.25) is 9.59 Å². The molecule has 1 heterocycles. The highest BCUT2D eigenvalue weighted by Crippen LogP contribution is 2.44. The molecule has 4 rings (SSSR count). The first kappa shape index (κ1) is 23.8. The molecule has 1 saturated heterocycles. The minimum atomic E-state index is -0.817. The number of alkyl carbamates (subject to hydrolysis) is 1. The molecule has 0 radical (unpaired) electrons. The fraction of sp³-hybridized carbons (Fsp3) is 0.444. The van der Waals surface area contributed by atoms with E-state index in [2.05, 4.69) is 29.6 Å². The van der Waals surface area contributed by atoms with Gasteiger partial charge in [0, 0.05) is 19.0 Å². The lowest BCUT2D eigenvalue weighted by Crippen LogP contribution is -2.53. The van der Waals surface area contributed by atoms with E-state index >= 15 is 0 Å². The van der Waals surface area contributed by atoms with Crippen LogP contribution >= 0.6 is 0 Å². The Hall–Kier alpha value is -3.35. The number of carbonyl (C=O) groups excluding carboxylic acids is 2. The normalized spacial score (nSPS) is 17.4. The molecule has 2 amide bonds. The Kier molecular flexibility index (Phi) is 7.20. The molecular weight excluding hydrogens is 432 g/mol. The molecule has 34 heavy (non-hydrogen) atoms. The van der Waals surface area contributed by atoms with Gasteiger partial charge >= 0.3 is 12.1 Å². The number of benzene rings is 2. The lowest BCUT2D eigenvalue weighted by atomic mass is 9.94. The smallest absolute Gasteiger partial charge is 0.407 e. The SMILES string of the molecule is CCC(C)C(NC(=O)OCC1c2ccccc2-c2ccccc21)C(=O)N1CCC(C(=O)O)CC1. The average Bonchev–Trinajstić information content (AvgIpc) is 3.19. The highest BCUT2D eigenvalue weighted by atomic mass is 16.5. The summed E-state index contributed by atoms with van der Waals surface area (Å²) in [7, 11) is 0. The standard InChI is InChI=1S/C27H32N2O5/c1-3-17(2)24(25(30)29-14-12-18(13-15-29)26(31)32)28-27(33)34-16-23-21-10-6-4-8-19(21)20-9-5-7-11-22(20)23/h4-11,17-18,23-24H,3,12-16H2,1-2H3,(H,28,33)(H,31,32). The van der Waals surface area contributed by atoms with Crippen LogP contribution < -0.4 is 5.32 Å². The largest absolute Gasteiger partial charge is 0.481 e. The Balaban J connectivity index is 1.40. The van der Waals surface area contributed by atoms with Crippen molar-refractivity contribution in [2.75, 3.05) is 19.7 Å². The van der Waals surface area contributed by atoms with Gasteiger partial charge in [-0.05, 0) is 41.0 Å². The number of ether oxygens (including phenoxy) is 1. The van der Waals surface area contributed by atoms with Crippen molar-refractivity contribution in [3.8, 4) is 11.1 Å². The molecule has 7 nitrogen and oxygen atoms in total. The van der Waals surface area contributed by atoms with E-state index in [0.29, 0.717) is 32.4 Å². The van der Waals surface area contributed by atoms with Gasteiger partial charge < -0.3 is 20.1 Å². The van der Waals surface area contributed by atoms with Gasteiger partial charge in [0.2, 0.25) is 5.91 Å². The molecule has 1 aliphatic heterocycles. The summed E-state index contributed by atoms with van der Waals surface area (Å²) < 4.78 is 5.65. The zero-order valence-electron chi connectivity index (χ0n) is 19.7. The third kappa shape index (κ3) is 4.79. The van der Waals surface area contributed by atoms with Gasteiger partial charge in [0.1, 0.15) is 12.6 Å². The molecule has 2 aromatic carbocycles. The minimum Gasteiger partial charge on any atom is -0.481 e. The van der Waals surface area contributed by atoms with Crippen molar-refractivity contribution < 1.29 is 24.2 Å². The predicted molar refractivity (Wildman–Crippen MR) is 128 cm³/mol. The summed E-state index contributed by atoms with van der Waals surface area (Å²) in [6.07, 6.45) is 0.963. The maximum atomic E-state index is 13.2. The first-order valence-corrected chi connectivity index (χ1v) is 12.0. The first-order valence-electron chi connectivity index (χ1n) is 12.0. The number of carbonyl (C=O) groups is 3. The summed E-state index contributed by atoms with van der Waals surface area (Å²) in [4.78, 5) is 38.9. The van der Waals surface area contributed by atoms with Crippen LogP contribution in [0.25, 0.3) is 11.1 Å². The van der Waals surface area contributed by atoms with Crippen LogP contribution in [0.2, 0.25) is 0 Å². The van der Waals surface area contributed by atoms with E-state index in [1.165, 1.54) is 0 Å². The second kappa shape index (κ2) is 10.3. The monoisotopic (exact) mass is 464 g/mol. The van der Waals surface area contributed by atoms with Gasteiger partial charge in [0.15, 0.2) is 0 Å². The molecule has 2 unspecified atom stereocenters. The van der Waals surface area contributed by atoms with E-state index in [1.54, 1.807) is 4.90 Å². The van der Waals surface area contributed by atoms with E-state index < -0.39 is 24.0 Å². The summed E-state index contributed by atoms with van der Waals surface area (Å²) in [5, 5.41) is 12.0. The topological polar surface area (TPSA) is 95.9 Å². The van der Waals surface area contributed by atoms with Crippen LogP contribution in [0.1, 0.15) is 50.2 Å². The highest BCUT2D eigenvalue weighted by Gasteiger charge is 2.35. The van der Waals surface area contributed by atoms with E-state index in [4.69, 9.17) is 4.74 Å². The number of nitrogens with one attached hydrogen (secondary N) is 1. The van der Waals surface area contributed by atoms with E-state index in [9.17, 15) is 19.5 Å². The van der Waals surface area contributed by atoms with Crippen molar-refractivity contribution in [1.82, 2.24) is 10.2 Å². The molecule has 2 atom stereocenters. The maximum Gasteiger partial charge on any atom is 0.407 e. The first-order chi connectivity index (χ1) is 16.4. The maximum absolute atomic E-state index is 13.2. The van der Waals surface area contributed by atoms with Gasteiger partial charge in [0.05, 0.1) is 5.92 Å². The van der Waals surface area contributed by atoms with Crippen molar-refractivity contribution in [2.24, 2.45) is 11.8 Å². The fourth-order valence-electron chi connectivity index (χ4n) is 4.99. The molecular formula is C27H32N2O5. The summed E-state index contributed by atoms with van der Waals surface area (Å²) in [6.45, 7) is 4.85. The average molecular weight is 465 g/mol.